The van der Waals surface area contributed by atoms with Crippen molar-refractivity contribution in [1.82, 2.24) is 5.32 Å². The minimum Gasteiger partial charge on any atom is -0.496 e. The molecule has 0 aromatic heterocycles. The maximum absolute atomic E-state index is 12.3. The molecule has 2 N–H and O–H groups in total. The van der Waals surface area contributed by atoms with Gasteiger partial charge in [0.05, 0.1) is 25.9 Å². The second kappa shape index (κ2) is 7.36. The average Bonchev–Trinajstić information content (AvgIpc) is 3.09. The van der Waals surface area contributed by atoms with E-state index in [1.165, 1.54) is 19.2 Å². The van der Waals surface area contributed by atoms with Crippen LogP contribution in [0.25, 0.3) is 0 Å². The predicted octanol–water partition coefficient (Wildman–Crippen LogP) is 2.40. The number of ether oxygens (including phenoxy) is 2. The molecule has 1 aliphatic heterocycles. The van der Waals surface area contributed by atoms with Crippen molar-refractivity contribution in [3.05, 3.63) is 64.2 Å². The van der Waals surface area contributed by atoms with Gasteiger partial charge < -0.3 is 19.9 Å². The highest BCUT2D eigenvalue weighted by Crippen LogP contribution is 2.22. The number of amides is 1. The van der Waals surface area contributed by atoms with E-state index >= 15 is 0 Å². The van der Waals surface area contributed by atoms with Crippen LogP contribution in [0.1, 0.15) is 37.4 Å². The SMILES string of the molecule is COc1cc(C(=O)O)ccc1CCNC(=O)c1ccc2c(c1)COC2. The van der Waals surface area contributed by atoms with Gasteiger partial charge >= 0.3 is 5.97 Å². The lowest BCUT2D eigenvalue weighted by molar-refractivity contribution is 0.0696. The maximum atomic E-state index is 12.3. The largest absolute Gasteiger partial charge is 0.496 e. The third kappa shape index (κ3) is 3.80. The molecule has 25 heavy (non-hydrogen) atoms. The van der Waals surface area contributed by atoms with Crippen LogP contribution in [0.2, 0.25) is 0 Å². The highest BCUT2D eigenvalue weighted by atomic mass is 16.5. The number of carboxylic acid groups (broad SMARTS) is 1. The minimum atomic E-state index is -1.00. The Labute approximate surface area is 145 Å². The van der Waals surface area contributed by atoms with Crippen molar-refractivity contribution in [2.24, 2.45) is 0 Å². The van der Waals surface area contributed by atoms with Crippen LogP contribution < -0.4 is 10.1 Å². The van der Waals surface area contributed by atoms with Crippen LogP contribution in [0, 0.1) is 0 Å². The fourth-order valence-electron chi connectivity index (χ4n) is 2.81. The highest BCUT2D eigenvalue weighted by molar-refractivity contribution is 5.94. The smallest absolute Gasteiger partial charge is 0.335 e. The molecule has 1 heterocycles. The van der Waals surface area contributed by atoms with E-state index in [0.717, 1.165) is 16.7 Å². The lowest BCUT2D eigenvalue weighted by atomic mass is 10.1. The van der Waals surface area contributed by atoms with Gasteiger partial charge in [-0.3, -0.25) is 4.79 Å². The summed E-state index contributed by atoms with van der Waals surface area (Å²) in [6.45, 7) is 1.57. The van der Waals surface area contributed by atoms with Crippen LogP contribution in [0.3, 0.4) is 0 Å². The summed E-state index contributed by atoms with van der Waals surface area (Å²) in [5.74, 6) is -0.640. The lowest BCUT2D eigenvalue weighted by Crippen LogP contribution is -2.26. The summed E-state index contributed by atoms with van der Waals surface area (Å²) in [5.41, 5.74) is 3.80. The Morgan fingerprint density at radius 2 is 1.88 bits per heavy atom. The predicted molar refractivity (Wildman–Crippen MR) is 90.9 cm³/mol. The molecular formula is C19H19NO5. The molecule has 0 aliphatic carbocycles. The molecule has 0 bridgehead atoms. The van der Waals surface area contributed by atoms with E-state index in [1.807, 2.05) is 12.1 Å². The van der Waals surface area contributed by atoms with Gasteiger partial charge in [0.1, 0.15) is 5.75 Å². The zero-order valence-corrected chi connectivity index (χ0v) is 13.9. The number of benzene rings is 2. The number of hydrogen-bond donors (Lipinski definition) is 2. The first kappa shape index (κ1) is 17.0. The van der Waals surface area contributed by atoms with Crippen molar-refractivity contribution in [1.29, 1.82) is 0 Å². The monoisotopic (exact) mass is 341 g/mol. The Morgan fingerprint density at radius 3 is 2.64 bits per heavy atom. The zero-order chi connectivity index (χ0) is 17.8. The lowest BCUT2D eigenvalue weighted by Gasteiger charge is -2.10. The number of aromatic carboxylic acids is 1. The first-order chi connectivity index (χ1) is 12.1. The van der Waals surface area contributed by atoms with Gasteiger partial charge in [0, 0.05) is 12.1 Å². The molecule has 6 heteroatoms. The van der Waals surface area contributed by atoms with Crippen LogP contribution >= 0.6 is 0 Å². The minimum absolute atomic E-state index is 0.143. The Kier molecular flexibility index (Phi) is 5.00. The quantitative estimate of drug-likeness (QED) is 0.843. The number of carbonyl (C=O) groups is 2. The zero-order valence-electron chi connectivity index (χ0n) is 13.9. The number of carboxylic acids is 1. The Bertz CT molecular complexity index is 815. The van der Waals surface area contributed by atoms with E-state index in [1.54, 1.807) is 12.1 Å². The van der Waals surface area contributed by atoms with Crippen LogP contribution in [-0.2, 0) is 24.4 Å². The van der Waals surface area contributed by atoms with Gasteiger partial charge in [-0.15, -0.1) is 0 Å². The van der Waals surface area contributed by atoms with Gasteiger partial charge in [0.15, 0.2) is 0 Å². The normalized spacial score (nSPS) is 12.5. The van der Waals surface area contributed by atoms with Crippen LogP contribution in [0.4, 0.5) is 0 Å². The summed E-state index contributed by atoms with van der Waals surface area (Å²) < 4.78 is 10.6. The summed E-state index contributed by atoms with van der Waals surface area (Å²) in [7, 11) is 1.50. The van der Waals surface area contributed by atoms with Gasteiger partial charge in [0.25, 0.3) is 5.91 Å². The van der Waals surface area contributed by atoms with Gasteiger partial charge in [-0.25, -0.2) is 4.79 Å². The third-order valence-electron chi connectivity index (χ3n) is 4.20. The molecule has 2 aromatic rings. The van der Waals surface area contributed by atoms with Crippen molar-refractivity contribution in [3.8, 4) is 5.75 Å². The first-order valence-corrected chi connectivity index (χ1v) is 7.96. The molecule has 0 fully saturated rings. The van der Waals surface area contributed by atoms with Crippen molar-refractivity contribution in [3.63, 3.8) is 0 Å². The summed E-state index contributed by atoms with van der Waals surface area (Å²) in [4.78, 5) is 23.3. The molecule has 1 aliphatic rings. The van der Waals surface area contributed by atoms with Gasteiger partial charge in [-0.2, -0.15) is 0 Å². The van der Waals surface area contributed by atoms with Crippen LogP contribution in [0.15, 0.2) is 36.4 Å². The van der Waals surface area contributed by atoms with E-state index in [2.05, 4.69) is 5.32 Å². The Balaban J connectivity index is 1.61. The molecule has 2 aromatic carbocycles. The van der Waals surface area contributed by atoms with E-state index in [0.29, 0.717) is 37.5 Å². The van der Waals surface area contributed by atoms with Gasteiger partial charge in [0.2, 0.25) is 0 Å². The molecule has 0 saturated carbocycles. The summed E-state index contributed by atoms with van der Waals surface area (Å²) in [5, 5.41) is 11.9. The number of rotatable bonds is 6. The molecule has 0 atom stereocenters. The molecule has 1 amide bonds. The van der Waals surface area contributed by atoms with Gasteiger partial charge in [-0.1, -0.05) is 12.1 Å². The molecule has 0 spiro atoms. The number of methoxy groups -OCH3 is 1. The second-order valence-corrected chi connectivity index (χ2v) is 5.81. The topological polar surface area (TPSA) is 84.9 Å². The molecule has 3 rings (SSSR count). The summed E-state index contributed by atoms with van der Waals surface area (Å²) >= 11 is 0. The number of fused-ring (bicyclic) bond motifs is 1. The van der Waals surface area contributed by atoms with Crippen molar-refractivity contribution in [2.45, 2.75) is 19.6 Å². The van der Waals surface area contributed by atoms with E-state index in [4.69, 9.17) is 14.6 Å². The molecule has 130 valence electrons. The number of nitrogens with one attached hydrogen (secondary N) is 1. The summed E-state index contributed by atoms with van der Waals surface area (Å²) in [6.07, 6.45) is 0.545. The van der Waals surface area contributed by atoms with E-state index in [-0.39, 0.29) is 11.5 Å². The fourth-order valence-corrected chi connectivity index (χ4v) is 2.81. The molecule has 0 radical (unpaired) electrons. The third-order valence-corrected chi connectivity index (χ3v) is 4.20. The van der Waals surface area contributed by atoms with Crippen molar-refractivity contribution >= 4 is 11.9 Å². The first-order valence-electron chi connectivity index (χ1n) is 7.96. The van der Waals surface area contributed by atoms with Crippen LogP contribution in [-0.4, -0.2) is 30.6 Å². The number of carbonyl (C=O) groups excluding carboxylic acids is 1. The van der Waals surface area contributed by atoms with Crippen molar-refractivity contribution < 1.29 is 24.2 Å². The molecule has 0 unspecified atom stereocenters. The highest BCUT2D eigenvalue weighted by Gasteiger charge is 2.14. The fraction of sp³-hybridized carbons (Fsp3) is 0.263. The second-order valence-electron chi connectivity index (χ2n) is 5.81. The molecule has 0 saturated heterocycles. The Hall–Kier alpha value is -2.86. The molecular weight excluding hydrogens is 322 g/mol. The average molecular weight is 341 g/mol. The Morgan fingerprint density at radius 1 is 1.12 bits per heavy atom. The summed E-state index contributed by atoms with van der Waals surface area (Å²) in [6, 6.07) is 10.3. The number of hydrogen-bond acceptors (Lipinski definition) is 4. The van der Waals surface area contributed by atoms with E-state index < -0.39 is 5.97 Å². The standard InChI is InChI=1S/C19H19NO5/c1-24-17-9-14(19(22)23)4-2-12(17)6-7-20-18(21)13-3-5-15-10-25-11-16(15)8-13/h2-5,8-9H,6-7,10-11H2,1H3,(H,20,21)(H,22,23). The van der Waals surface area contributed by atoms with E-state index in [9.17, 15) is 9.59 Å². The van der Waals surface area contributed by atoms with Crippen molar-refractivity contribution in [2.75, 3.05) is 13.7 Å². The molecule has 6 nitrogen and oxygen atoms in total. The maximum Gasteiger partial charge on any atom is 0.335 e. The van der Waals surface area contributed by atoms with Crippen LogP contribution in [0.5, 0.6) is 5.75 Å². The van der Waals surface area contributed by atoms with Gasteiger partial charge in [-0.05, 0) is 47.4 Å².